The lowest BCUT2D eigenvalue weighted by molar-refractivity contribution is -0.142. The fourth-order valence-electron chi connectivity index (χ4n) is 4.32. The van der Waals surface area contributed by atoms with Crippen LogP contribution < -0.4 is 19.5 Å². The molecule has 4 aromatic rings. The number of hydrogen-bond acceptors (Lipinski definition) is 6. The van der Waals surface area contributed by atoms with Gasteiger partial charge in [-0.05, 0) is 71.8 Å². The number of carbonyl (C=O) groups excluding carboxylic acids is 2. The number of anilines is 1. The number of sulfonamides is 1. The van der Waals surface area contributed by atoms with Gasteiger partial charge in [-0.15, -0.1) is 0 Å². The number of ether oxygens (including phenoxy) is 2. The van der Waals surface area contributed by atoms with Crippen molar-refractivity contribution in [1.29, 1.82) is 0 Å². The van der Waals surface area contributed by atoms with E-state index in [-0.39, 0.29) is 35.2 Å². The molecule has 1 atom stereocenters. The van der Waals surface area contributed by atoms with Crippen LogP contribution in [-0.4, -0.2) is 51.9 Å². The van der Waals surface area contributed by atoms with E-state index in [1.165, 1.54) is 48.3 Å². The molecule has 9 nitrogen and oxygen atoms in total. The lowest BCUT2D eigenvalue weighted by Gasteiger charge is -2.31. The highest BCUT2D eigenvalue weighted by molar-refractivity contribution is 7.92. The smallest absolute Gasteiger partial charge is 0.261 e. The van der Waals surface area contributed by atoms with Gasteiger partial charge in [0, 0.05) is 25.7 Å². The normalized spacial score (nSPS) is 11.7. The van der Waals surface area contributed by atoms with E-state index < -0.39 is 34.4 Å². The van der Waals surface area contributed by atoms with Gasteiger partial charge in [0.25, 0.3) is 15.9 Å². The van der Waals surface area contributed by atoms with Crippen molar-refractivity contribution < 1.29 is 31.9 Å². The summed E-state index contributed by atoms with van der Waals surface area (Å²) in [7, 11) is -0.853. The van der Waals surface area contributed by atoms with Gasteiger partial charge >= 0.3 is 0 Å². The molecule has 0 aromatic heterocycles. The molecule has 0 aliphatic heterocycles. The molecule has 43 heavy (non-hydrogen) atoms. The molecule has 4 rings (SSSR count). The zero-order chi connectivity index (χ0) is 30.8. The molecule has 4 aromatic carbocycles. The lowest BCUT2D eigenvalue weighted by atomic mass is 10.0. The first-order valence-corrected chi connectivity index (χ1v) is 14.9. The molecule has 2 N–H and O–H groups in total. The van der Waals surface area contributed by atoms with Crippen molar-refractivity contribution in [3.63, 3.8) is 0 Å². The maximum Gasteiger partial charge on any atom is 0.261 e. The van der Waals surface area contributed by atoms with E-state index in [0.717, 1.165) is 23.3 Å². The molecule has 0 spiro atoms. The summed E-state index contributed by atoms with van der Waals surface area (Å²) in [5, 5.41) is 2.66. The number of nitrogens with zero attached hydrogens (tertiary/aromatic N) is 1. The monoisotopic (exact) mass is 605 g/mol. The molecule has 0 bridgehead atoms. The van der Waals surface area contributed by atoms with Crippen molar-refractivity contribution in [1.82, 2.24) is 10.2 Å². The summed E-state index contributed by atoms with van der Waals surface area (Å²) in [6.07, 6.45) is 0.288. The lowest BCUT2D eigenvalue weighted by Crippen LogP contribution is -2.51. The van der Waals surface area contributed by atoms with Crippen molar-refractivity contribution in [2.45, 2.75) is 23.9 Å². The van der Waals surface area contributed by atoms with Gasteiger partial charge in [-0.2, -0.15) is 0 Å². The van der Waals surface area contributed by atoms with Gasteiger partial charge in [-0.25, -0.2) is 12.8 Å². The van der Waals surface area contributed by atoms with Crippen molar-refractivity contribution in [2.75, 3.05) is 25.5 Å². The minimum absolute atomic E-state index is 0.0424. The van der Waals surface area contributed by atoms with Crippen LogP contribution in [0.15, 0.2) is 108 Å². The van der Waals surface area contributed by atoms with E-state index in [1.54, 1.807) is 19.2 Å². The maximum atomic E-state index is 13.6. The first-order valence-electron chi connectivity index (χ1n) is 13.4. The summed E-state index contributed by atoms with van der Waals surface area (Å²) in [5.74, 6) is -0.319. The molecule has 224 valence electrons. The van der Waals surface area contributed by atoms with E-state index in [0.29, 0.717) is 5.75 Å². The predicted molar refractivity (Wildman–Crippen MR) is 161 cm³/mol. The minimum Gasteiger partial charge on any atom is -0.497 e. The Bertz CT molecular complexity index is 1610. The van der Waals surface area contributed by atoms with Crippen molar-refractivity contribution in [3.8, 4) is 11.5 Å². The summed E-state index contributed by atoms with van der Waals surface area (Å²) in [6, 6.07) is 26.2. The summed E-state index contributed by atoms with van der Waals surface area (Å²) >= 11 is 0. The van der Waals surface area contributed by atoms with E-state index in [1.807, 2.05) is 42.5 Å². The second-order valence-corrected chi connectivity index (χ2v) is 11.2. The van der Waals surface area contributed by atoms with Crippen LogP contribution in [0.25, 0.3) is 0 Å². The second kappa shape index (κ2) is 14.3. The molecule has 11 heteroatoms. The number of halogens is 1. The number of benzene rings is 4. The number of likely N-dealkylation sites (N-methyl/N-ethyl adjacent to an activating group) is 1. The maximum absolute atomic E-state index is 13.6. The molecule has 2 amide bonds. The van der Waals surface area contributed by atoms with Gasteiger partial charge in [0.05, 0.1) is 12.0 Å². The van der Waals surface area contributed by atoms with Crippen LogP contribution in [0.4, 0.5) is 10.1 Å². The van der Waals surface area contributed by atoms with E-state index in [9.17, 15) is 22.4 Å². The SMILES string of the molecule is CNC(=O)[C@H](Cc1ccccc1)N(Cc1ccc(OC)cc1)C(=O)COc1ccc(S(=O)(=O)Nc2ccc(F)cc2)cc1. The van der Waals surface area contributed by atoms with Gasteiger partial charge in [-0.1, -0.05) is 42.5 Å². The van der Waals surface area contributed by atoms with Crippen LogP contribution in [-0.2, 0) is 32.6 Å². The van der Waals surface area contributed by atoms with Gasteiger partial charge in [0.15, 0.2) is 6.61 Å². The largest absolute Gasteiger partial charge is 0.497 e. The van der Waals surface area contributed by atoms with E-state index in [2.05, 4.69) is 10.0 Å². The van der Waals surface area contributed by atoms with Crippen LogP contribution in [0.2, 0.25) is 0 Å². The Balaban J connectivity index is 1.50. The summed E-state index contributed by atoms with van der Waals surface area (Å²) in [5.41, 5.74) is 1.89. The Kier molecular flexibility index (Phi) is 10.3. The third-order valence-electron chi connectivity index (χ3n) is 6.62. The third kappa shape index (κ3) is 8.55. The van der Waals surface area contributed by atoms with Gasteiger partial charge in [-0.3, -0.25) is 14.3 Å². The minimum atomic E-state index is -3.94. The average Bonchev–Trinajstić information content (AvgIpc) is 3.03. The average molecular weight is 606 g/mol. The third-order valence-corrected chi connectivity index (χ3v) is 8.02. The highest BCUT2D eigenvalue weighted by Gasteiger charge is 2.30. The highest BCUT2D eigenvalue weighted by atomic mass is 32.2. The standard InChI is InChI=1S/C32H32FN3O6S/c1-34-32(38)30(20-23-6-4-3-5-7-23)36(21-24-8-14-27(41-2)15-9-24)31(37)22-42-28-16-18-29(19-17-28)43(39,40)35-26-12-10-25(33)11-13-26/h3-19,30,35H,20-22H2,1-2H3,(H,34,38)/t30-/m0/s1. The summed E-state index contributed by atoms with van der Waals surface area (Å²) in [4.78, 5) is 28.1. The molecular weight excluding hydrogens is 573 g/mol. The number of nitrogens with one attached hydrogen (secondary N) is 2. The van der Waals surface area contributed by atoms with Crippen molar-refractivity contribution in [2.24, 2.45) is 0 Å². The van der Waals surface area contributed by atoms with Crippen LogP contribution >= 0.6 is 0 Å². The molecule has 0 aliphatic rings. The van der Waals surface area contributed by atoms with Gasteiger partial charge in [0.2, 0.25) is 5.91 Å². The molecule has 0 saturated heterocycles. The molecule has 0 radical (unpaired) electrons. The Morgan fingerprint density at radius 2 is 1.47 bits per heavy atom. The molecule has 0 fully saturated rings. The number of carbonyl (C=O) groups is 2. The first-order chi connectivity index (χ1) is 20.7. The number of amides is 2. The fourth-order valence-corrected chi connectivity index (χ4v) is 5.38. The van der Waals surface area contributed by atoms with Gasteiger partial charge in [0.1, 0.15) is 23.4 Å². The van der Waals surface area contributed by atoms with Crippen molar-refractivity contribution >= 4 is 27.5 Å². The fraction of sp³-hybridized carbons (Fsp3) is 0.188. The van der Waals surface area contributed by atoms with Crippen LogP contribution in [0, 0.1) is 5.82 Å². The Morgan fingerprint density at radius 1 is 0.837 bits per heavy atom. The van der Waals surface area contributed by atoms with Gasteiger partial charge < -0.3 is 19.7 Å². The van der Waals surface area contributed by atoms with Crippen LogP contribution in [0.1, 0.15) is 11.1 Å². The zero-order valence-corrected chi connectivity index (χ0v) is 24.5. The zero-order valence-electron chi connectivity index (χ0n) is 23.7. The predicted octanol–water partition coefficient (Wildman–Crippen LogP) is 4.40. The molecule has 0 saturated carbocycles. The first kappa shape index (κ1) is 31.0. The van der Waals surface area contributed by atoms with E-state index >= 15 is 0 Å². The number of rotatable bonds is 13. The van der Waals surface area contributed by atoms with Crippen LogP contribution in [0.5, 0.6) is 11.5 Å². The Hall–Kier alpha value is -4.90. The topological polar surface area (TPSA) is 114 Å². The summed E-state index contributed by atoms with van der Waals surface area (Å²) < 4.78 is 52.0. The number of hydrogen-bond donors (Lipinski definition) is 2. The molecular formula is C32H32FN3O6S. The molecule has 0 unspecified atom stereocenters. The highest BCUT2D eigenvalue weighted by Crippen LogP contribution is 2.21. The number of methoxy groups -OCH3 is 1. The second-order valence-electron chi connectivity index (χ2n) is 9.56. The van der Waals surface area contributed by atoms with Crippen molar-refractivity contribution in [3.05, 3.63) is 120 Å². The Morgan fingerprint density at radius 3 is 2.07 bits per heavy atom. The quantitative estimate of drug-likeness (QED) is 0.234. The summed E-state index contributed by atoms with van der Waals surface area (Å²) in [6.45, 7) is -0.248. The molecule has 0 heterocycles. The Labute approximate surface area is 250 Å². The van der Waals surface area contributed by atoms with Crippen LogP contribution in [0.3, 0.4) is 0 Å². The molecule has 0 aliphatic carbocycles. The van der Waals surface area contributed by atoms with E-state index in [4.69, 9.17) is 9.47 Å².